The van der Waals surface area contributed by atoms with E-state index >= 15 is 0 Å². The molecule has 0 fully saturated rings. The number of rotatable bonds is 3. The Morgan fingerprint density at radius 3 is 2.56 bits per heavy atom. The summed E-state index contributed by atoms with van der Waals surface area (Å²) in [6, 6.07) is 7.57. The lowest BCUT2D eigenvalue weighted by Crippen LogP contribution is -1.99. The molecule has 2 rings (SSSR count). The van der Waals surface area contributed by atoms with E-state index in [0.29, 0.717) is 17.2 Å². The van der Waals surface area contributed by atoms with E-state index < -0.39 is 5.97 Å². The summed E-state index contributed by atoms with van der Waals surface area (Å²) in [5, 5.41) is 21.2. The minimum absolute atomic E-state index is 0.164. The van der Waals surface area contributed by atoms with Gasteiger partial charge in [0, 0.05) is 5.69 Å². The summed E-state index contributed by atoms with van der Waals surface area (Å²) in [7, 11) is 0. The van der Waals surface area contributed by atoms with Crippen LogP contribution in [0, 0.1) is 0 Å². The van der Waals surface area contributed by atoms with Crippen molar-refractivity contribution in [3.05, 3.63) is 42.1 Å². The smallest absolute Gasteiger partial charge is 0.339 e. The fourth-order valence-electron chi connectivity index (χ4n) is 1.43. The summed E-state index contributed by atoms with van der Waals surface area (Å²) in [6.45, 7) is 0. The van der Waals surface area contributed by atoms with Crippen LogP contribution in [0.4, 0.5) is 17.2 Å². The molecule has 1 aromatic carbocycles. The number of benzene rings is 1. The van der Waals surface area contributed by atoms with E-state index in [0.717, 1.165) is 0 Å². The van der Waals surface area contributed by atoms with Crippen LogP contribution in [0.5, 0.6) is 5.75 Å². The molecule has 0 saturated carbocycles. The van der Waals surface area contributed by atoms with Crippen LogP contribution in [-0.2, 0) is 0 Å². The highest BCUT2D eigenvalue weighted by Crippen LogP contribution is 2.24. The average molecular weight is 245 g/mol. The van der Waals surface area contributed by atoms with Gasteiger partial charge in [-0.05, 0) is 30.3 Å². The predicted octanol–water partition coefficient (Wildman–Crippen LogP) is 1.81. The second kappa shape index (κ2) is 4.62. The number of aromatic hydroxyl groups is 1. The van der Waals surface area contributed by atoms with Crippen LogP contribution in [0.3, 0.4) is 0 Å². The van der Waals surface area contributed by atoms with E-state index in [4.69, 9.17) is 10.8 Å². The van der Waals surface area contributed by atoms with Crippen LogP contribution < -0.4 is 11.1 Å². The number of aromatic carboxylic acids is 1. The number of phenols is 1. The Morgan fingerprint density at radius 1 is 1.22 bits per heavy atom. The van der Waals surface area contributed by atoms with E-state index in [1.165, 1.54) is 18.3 Å². The lowest BCUT2D eigenvalue weighted by molar-refractivity contribution is 0.0694. The van der Waals surface area contributed by atoms with Crippen molar-refractivity contribution in [2.24, 2.45) is 0 Å². The second-order valence-electron chi connectivity index (χ2n) is 3.63. The molecule has 92 valence electrons. The number of nitrogens with two attached hydrogens (primary N) is 1. The lowest BCUT2D eigenvalue weighted by Gasteiger charge is -2.08. The normalized spacial score (nSPS) is 10.0. The zero-order chi connectivity index (χ0) is 13.1. The van der Waals surface area contributed by atoms with Crippen LogP contribution in [0.2, 0.25) is 0 Å². The SMILES string of the molecule is Nc1ccc(Nc2ccc(O)c(C(=O)O)c2)cn1. The molecular formula is C12H11N3O3. The number of pyridine rings is 1. The van der Waals surface area contributed by atoms with E-state index in [1.54, 1.807) is 18.2 Å². The molecular weight excluding hydrogens is 234 g/mol. The predicted molar refractivity (Wildman–Crippen MR) is 67.0 cm³/mol. The third-order valence-corrected chi connectivity index (χ3v) is 2.30. The van der Waals surface area contributed by atoms with Gasteiger partial charge in [0.1, 0.15) is 17.1 Å². The van der Waals surface area contributed by atoms with E-state index in [-0.39, 0.29) is 11.3 Å². The van der Waals surface area contributed by atoms with Gasteiger partial charge in [0.15, 0.2) is 0 Å². The van der Waals surface area contributed by atoms with Crippen molar-refractivity contribution in [3.8, 4) is 5.75 Å². The highest BCUT2D eigenvalue weighted by atomic mass is 16.4. The first kappa shape index (κ1) is 11.7. The molecule has 2 aromatic rings. The number of anilines is 3. The maximum atomic E-state index is 10.9. The van der Waals surface area contributed by atoms with E-state index in [1.807, 2.05) is 0 Å². The maximum absolute atomic E-state index is 10.9. The first-order valence-electron chi connectivity index (χ1n) is 5.11. The molecule has 0 aliphatic carbocycles. The first-order valence-corrected chi connectivity index (χ1v) is 5.11. The highest BCUT2D eigenvalue weighted by Gasteiger charge is 2.10. The Morgan fingerprint density at radius 2 is 1.94 bits per heavy atom. The summed E-state index contributed by atoms with van der Waals surface area (Å²) in [5.74, 6) is -1.06. The molecule has 6 nitrogen and oxygen atoms in total. The standard InChI is InChI=1S/C12H11N3O3/c13-11-4-2-8(6-14-11)15-7-1-3-10(16)9(5-7)12(17)18/h1-6,15-16H,(H2,13,14)(H,17,18). The molecule has 6 heteroatoms. The van der Waals surface area contributed by atoms with Gasteiger partial charge in [-0.15, -0.1) is 0 Å². The van der Waals surface area contributed by atoms with Gasteiger partial charge in [-0.1, -0.05) is 0 Å². The van der Waals surface area contributed by atoms with Crippen molar-refractivity contribution < 1.29 is 15.0 Å². The molecule has 0 unspecified atom stereocenters. The zero-order valence-electron chi connectivity index (χ0n) is 9.29. The van der Waals surface area contributed by atoms with Crippen molar-refractivity contribution in [3.63, 3.8) is 0 Å². The number of nitrogens with one attached hydrogen (secondary N) is 1. The van der Waals surface area contributed by atoms with E-state index in [2.05, 4.69) is 10.3 Å². The summed E-state index contributed by atoms with van der Waals surface area (Å²) in [6.07, 6.45) is 1.53. The Hall–Kier alpha value is -2.76. The van der Waals surface area contributed by atoms with Gasteiger partial charge < -0.3 is 21.3 Å². The Balaban J connectivity index is 2.27. The maximum Gasteiger partial charge on any atom is 0.339 e. The number of carbonyl (C=O) groups is 1. The summed E-state index contributed by atoms with van der Waals surface area (Å²) < 4.78 is 0. The van der Waals surface area contributed by atoms with Gasteiger partial charge in [0.2, 0.25) is 0 Å². The topological polar surface area (TPSA) is 108 Å². The molecule has 1 aromatic heterocycles. The summed E-state index contributed by atoms with van der Waals surface area (Å²) >= 11 is 0. The molecule has 0 aliphatic rings. The van der Waals surface area contributed by atoms with Crippen molar-refractivity contribution in [1.29, 1.82) is 0 Å². The third kappa shape index (κ3) is 2.49. The lowest BCUT2D eigenvalue weighted by atomic mass is 10.1. The third-order valence-electron chi connectivity index (χ3n) is 2.30. The number of hydrogen-bond donors (Lipinski definition) is 4. The van der Waals surface area contributed by atoms with Gasteiger partial charge in [-0.25, -0.2) is 9.78 Å². The Bertz CT molecular complexity index is 582. The van der Waals surface area contributed by atoms with Crippen LogP contribution in [0.25, 0.3) is 0 Å². The second-order valence-corrected chi connectivity index (χ2v) is 3.63. The number of nitrogen functional groups attached to an aromatic ring is 1. The molecule has 0 amide bonds. The van der Waals surface area contributed by atoms with Gasteiger partial charge in [-0.2, -0.15) is 0 Å². The minimum Gasteiger partial charge on any atom is -0.507 e. The highest BCUT2D eigenvalue weighted by molar-refractivity contribution is 5.92. The Kier molecular flexibility index (Phi) is 3.01. The molecule has 0 aliphatic heterocycles. The Labute approximate surface area is 103 Å². The van der Waals surface area contributed by atoms with Crippen LogP contribution in [-0.4, -0.2) is 21.2 Å². The molecule has 0 radical (unpaired) electrons. The van der Waals surface area contributed by atoms with Crippen LogP contribution in [0.15, 0.2) is 36.5 Å². The minimum atomic E-state index is -1.19. The number of carboxylic acids is 1. The number of aromatic nitrogens is 1. The fourth-order valence-corrected chi connectivity index (χ4v) is 1.43. The summed E-state index contributed by atoms with van der Waals surface area (Å²) in [4.78, 5) is 14.8. The fraction of sp³-hybridized carbons (Fsp3) is 0. The number of carboxylic acid groups (broad SMARTS) is 1. The largest absolute Gasteiger partial charge is 0.507 e. The monoisotopic (exact) mass is 245 g/mol. The average Bonchev–Trinajstić information content (AvgIpc) is 2.34. The van der Waals surface area contributed by atoms with Gasteiger partial charge >= 0.3 is 5.97 Å². The summed E-state index contributed by atoms with van der Waals surface area (Å²) in [5.41, 5.74) is 6.50. The van der Waals surface area contributed by atoms with Crippen molar-refractivity contribution in [1.82, 2.24) is 4.98 Å². The van der Waals surface area contributed by atoms with Gasteiger partial charge in [-0.3, -0.25) is 0 Å². The quantitative estimate of drug-likeness (QED) is 0.614. The first-order chi connectivity index (χ1) is 8.56. The van der Waals surface area contributed by atoms with Gasteiger partial charge in [0.25, 0.3) is 0 Å². The van der Waals surface area contributed by atoms with Crippen LogP contribution in [0.1, 0.15) is 10.4 Å². The van der Waals surface area contributed by atoms with Crippen molar-refractivity contribution in [2.45, 2.75) is 0 Å². The van der Waals surface area contributed by atoms with Crippen molar-refractivity contribution >= 4 is 23.2 Å². The molecule has 0 spiro atoms. The van der Waals surface area contributed by atoms with E-state index in [9.17, 15) is 9.90 Å². The number of nitrogens with zero attached hydrogens (tertiary/aromatic N) is 1. The van der Waals surface area contributed by atoms with Crippen LogP contribution >= 0.6 is 0 Å². The molecule has 1 heterocycles. The van der Waals surface area contributed by atoms with Crippen molar-refractivity contribution in [2.75, 3.05) is 11.1 Å². The van der Waals surface area contributed by atoms with Gasteiger partial charge in [0.05, 0.1) is 11.9 Å². The molecule has 0 saturated heterocycles. The molecule has 18 heavy (non-hydrogen) atoms. The zero-order valence-corrected chi connectivity index (χ0v) is 9.29. The molecule has 0 bridgehead atoms. The molecule has 0 atom stereocenters. The molecule has 5 N–H and O–H groups in total. The number of hydrogen-bond acceptors (Lipinski definition) is 5.